The van der Waals surface area contributed by atoms with Crippen molar-refractivity contribution in [2.24, 2.45) is 12.8 Å². The number of pyridine rings is 1. The molecule has 4 aromatic rings. The second kappa shape index (κ2) is 11.4. The number of nitrogens with two attached hydrogens (primary N) is 1. The summed E-state index contributed by atoms with van der Waals surface area (Å²) in [5, 5.41) is 13.0. The number of benzene rings is 1. The Morgan fingerprint density at radius 2 is 2.02 bits per heavy atom. The molecular formula is C28H29ClFN7O5. The van der Waals surface area contributed by atoms with Crippen LogP contribution in [0.2, 0.25) is 5.02 Å². The average Bonchev–Trinajstić information content (AvgIpc) is 3.50. The maximum absolute atomic E-state index is 15.0. The van der Waals surface area contributed by atoms with Gasteiger partial charge in [0, 0.05) is 50.1 Å². The highest BCUT2D eigenvalue weighted by Gasteiger charge is 2.25. The van der Waals surface area contributed by atoms with Gasteiger partial charge in [0.05, 0.1) is 46.4 Å². The van der Waals surface area contributed by atoms with E-state index in [1.165, 1.54) is 34.9 Å². The van der Waals surface area contributed by atoms with Crippen LogP contribution in [0.4, 0.5) is 15.9 Å². The number of aromatic hydroxyl groups is 1. The van der Waals surface area contributed by atoms with Gasteiger partial charge in [0.15, 0.2) is 0 Å². The van der Waals surface area contributed by atoms with Crippen molar-refractivity contribution in [2.75, 3.05) is 23.8 Å². The van der Waals surface area contributed by atoms with Gasteiger partial charge in [-0.1, -0.05) is 11.6 Å². The molecule has 2 atom stereocenters. The monoisotopic (exact) mass is 597 g/mol. The van der Waals surface area contributed by atoms with Gasteiger partial charge in [-0.05, 0) is 25.8 Å². The molecule has 12 nitrogen and oxygen atoms in total. The van der Waals surface area contributed by atoms with E-state index in [0.29, 0.717) is 18.1 Å². The van der Waals surface area contributed by atoms with E-state index in [9.17, 15) is 19.5 Å². The molecule has 3 aromatic heterocycles. The molecule has 0 saturated carbocycles. The highest BCUT2D eigenvalue weighted by Crippen LogP contribution is 2.34. The number of likely N-dealkylation sites (N-methyl/N-ethyl adjacent to an activating group) is 1. The fraction of sp³-hybridized carbons (Fsp3) is 0.321. The number of amides is 2. The summed E-state index contributed by atoms with van der Waals surface area (Å²) in [5.41, 5.74) is 4.84. The second-order valence-electron chi connectivity index (χ2n) is 10.3. The Morgan fingerprint density at radius 3 is 2.71 bits per heavy atom. The lowest BCUT2D eigenvalue weighted by Crippen LogP contribution is -2.29. The van der Waals surface area contributed by atoms with Crippen molar-refractivity contribution in [3.63, 3.8) is 0 Å². The first-order valence-electron chi connectivity index (χ1n) is 13.1. The number of carbonyl (C=O) groups excluding carboxylic acids is 2. The molecule has 14 heteroatoms. The lowest BCUT2D eigenvalue weighted by atomic mass is 10.0. The van der Waals surface area contributed by atoms with Crippen LogP contribution < -0.4 is 21.5 Å². The maximum atomic E-state index is 15.0. The summed E-state index contributed by atoms with van der Waals surface area (Å²) >= 11 is 6.34. The zero-order valence-electron chi connectivity index (χ0n) is 23.1. The Morgan fingerprint density at radius 1 is 1.26 bits per heavy atom. The predicted molar refractivity (Wildman–Crippen MR) is 155 cm³/mol. The quantitative estimate of drug-likeness (QED) is 0.280. The SMILES string of the molecule is CC1CCC(CN(C)c2cc(NC(=O)Cn3cc(-c4cc(C(N)=O)c(O)cc4F)c4c(=O)n(C)cnc43)c(Cl)cn2)O1. The molecule has 4 heterocycles. The number of halogens is 2. The molecule has 1 aromatic carbocycles. The number of aryl methyl sites for hydroxylation is 1. The van der Waals surface area contributed by atoms with E-state index in [-0.39, 0.29) is 51.5 Å². The number of nitrogens with zero attached hydrogens (tertiary/aromatic N) is 5. The van der Waals surface area contributed by atoms with Gasteiger partial charge in [-0.15, -0.1) is 0 Å². The molecule has 4 N–H and O–H groups in total. The van der Waals surface area contributed by atoms with Gasteiger partial charge in [-0.2, -0.15) is 0 Å². The van der Waals surface area contributed by atoms with Crippen molar-refractivity contribution in [1.82, 2.24) is 19.1 Å². The zero-order chi connectivity index (χ0) is 30.3. The molecule has 1 aliphatic heterocycles. The Labute approximate surface area is 244 Å². The van der Waals surface area contributed by atoms with Crippen LogP contribution in [0.25, 0.3) is 22.2 Å². The normalized spacial score (nSPS) is 16.6. The summed E-state index contributed by atoms with van der Waals surface area (Å²) in [4.78, 5) is 48.7. The van der Waals surface area contributed by atoms with Crippen LogP contribution in [0.1, 0.15) is 30.1 Å². The van der Waals surface area contributed by atoms with Gasteiger partial charge in [0.25, 0.3) is 11.5 Å². The number of carbonyl (C=O) groups is 2. The molecule has 0 spiro atoms. The third-order valence-corrected chi connectivity index (χ3v) is 7.50. The number of primary amides is 1. The second-order valence-corrected chi connectivity index (χ2v) is 10.7. The number of aromatic nitrogens is 4. The van der Waals surface area contributed by atoms with Gasteiger partial charge in [-0.3, -0.25) is 14.4 Å². The minimum absolute atomic E-state index is 0.0158. The maximum Gasteiger partial charge on any atom is 0.263 e. The molecular weight excluding hydrogens is 569 g/mol. The lowest BCUT2D eigenvalue weighted by molar-refractivity contribution is -0.116. The minimum Gasteiger partial charge on any atom is -0.507 e. The van der Waals surface area contributed by atoms with Crippen molar-refractivity contribution in [1.29, 1.82) is 0 Å². The third-order valence-electron chi connectivity index (χ3n) is 7.20. The van der Waals surface area contributed by atoms with E-state index < -0.39 is 28.9 Å². The van der Waals surface area contributed by atoms with Crippen LogP contribution in [0, 0.1) is 5.82 Å². The molecule has 1 fully saturated rings. The molecule has 0 bridgehead atoms. The van der Waals surface area contributed by atoms with Gasteiger partial charge < -0.3 is 34.9 Å². The van der Waals surface area contributed by atoms with Crippen molar-refractivity contribution in [3.8, 4) is 16.9 Å². The third kappa shape index (κ3) is 5.65. The highest BCUT2D eigenvalue weighted by atomic mass is 35.5. The molecule has 0 aliphatic carbocycles. The molecule has 0 radical (unpaired) electrons. The molecule has 42 heavy (non-hydrogen) atoms. The lowest BCUT2D eigenvalue weighted by Gasteiger charge is -2.23. The first kappa shape index (κ1) is 29.0. The van der Waals surface area contributed by atoms with E-state index in [0.717, 1.165) is 25.0 Å². The molecule has 1 aliphatic rings. The van der Waals surface area contributed by atoms with Gasteiger partial charge >= 0.3 is 0 Å². The van der Waals surface area contributed by atoms with Crippen LogP contribution in [0.15, 0.2) is 41.7 Å². The van der Waals surface area contributed by atoms with Crippen molar-refractivity contribution >= 4 is 46.0 Å². The molecule has 2 amide bonds. The summed E-state index contributed by atoms with van der Waals surface area (Å²) in [7, 11) is 3.35. The first-order valence-corrected chi connectivity index (χ1v) is 13.5. The molecule has 2 unspecified atom stereocenters. The summed E-state index contributed by atoms with van der Waals surface area (Å²) in [6.45, 7) is 2.35. The van der Waals surface area contributed by atoms with Crippen LogP contribution >= 0.6 is 11.6 Å². The van der Waals surface area contributed by atoms with Gasteiger partial charge in [0.2, 0.25) is 5.91 Å². The molecule has 5 rings (SSSR count). The predicted octanol–water partition coefficient (Wildman–Crippen LogP) is 3.04. The van der Waals surface area contributed by atoms with Gasteiger partial charge in [-0.25, -0.2) is 14.4 Å². The summed E-state index contributed by atoms with van der Waals surface area (Å²) in [6.07, 6.45) is 6.35. The van der Waals surface area contributed by atoms with Gasteiger partial charge in [0.1, 0.15) is 29.6 Å². The first-order chi connectivity index (χ1) is 19.9. The van der Waals surface area contributed by atoms with Crippen LogP contribution in [-0.4, -0.2) is 61.8 Å². The largest absolute Gasteiger partial charge is 0.507 e. The topological polar surface area (TPSA) is 158 Å². The zero-order valence-corrected chi connectivity index (χ0v) is 23.9. The number of hydrogen-bond acceptors (Lipinski definition) is 8. The Hall–Kier alpha value is -4.49. The van der Waals surface area contributed by atoms with Crippen LogP contribution in [-0.2, 0) is 23.1 Å². The number of nitrogens with one attached hydrogen (secondary N) is 1. The van der Waals surface area contributed by atoms with E-state index in [4.69, 9.17) is 22.1 Å². The Balaban J connectivity index is 1.45. The summed E-state index contributed by atoms with van der Waals surface area (Å²) in [6, 6.07) is 3.46. The Kier molecular flexibility index (Phi) is 7.89. The highest BCUT2D eigenvalue weighted by molar-refractivity contribution is 6.33. The average molecular weight is 598 g/mol. The Bertz CT molecular complexity index is 1770. The van der Waals surface area contributed by atoms with E-state index in [1.54, 1.807) is 6.07 Å². The van der Waals surface area contributed by atoms with E-state index in [2.05, 4.69) is 15.3 Å². The molecule has 1 saturated heterocycles. The number of hydrogen-bond donors (Lipinski definition) is 3. The number of ether oxygens (including phenoxy) is 1. The van der Waals surface area contributed by atoms with E-state index in [1.807, 2.05) is 18.9 Å². The fourth-order valence-electron chi connectivity index (χ4n) is 5.05. The fourth-order valence-corrected chi connectivity index (χ4v) is 5.20. The standard InChI is InChI=1S/C28H29ClFN7O5/c1-14-4-5-15(42-14)10-35(2)23-8-21(19(29)9-32-23)34-24(39)12-37-11-18(25-27(37)33-13-36(3)28(25)41)16-6-17(26(31)40)22(38)7-20(16)30/h6-9,11,13-15,38H,4-5,10,12H2,1-3H3,(H2,31,40)(H,32,34,39). The van der Waals surface area contributed by atoms with Crippen LogP contribution in [0.5, 0.6) is 5.75 Å². The molecule has 220 valence electrons. The number of anilines is 2. The summed E-state index contributed by atoms with van der Waals surface area (Å²) < 4.78 is 23.5. The van der Waals surface area contributed by atoms with Crippen molar-refractivity contribution in [3.05, 3.63) is 63.7 Å². The number of phenols is 1. The van der Waals surface area contributed by atoms with E-state index >= 15 is 4.39 Å². The van der Waals surface area contributed by atoms with Crippen LogP contribution in [0.3, 0.4) is 0 Å². The minimum atomic E-state index is -0.979. The number of rotatable bonds is 8. The smallest absolute Gasteiger partial charge is 0.263 e. The van der Waals surface area contributed by atoms with Crippen molar-refractivity contribution < 1.29 is 23.8 Å². The summed E-state index contributed by atoms with van der Waals surface area (Å²) in [5.74, 6) is -2.43. The number of fused-ring (bicyclic) bond motifs is 1. The van der Waals surface area contributed by atoms with Crippen molar-refractivity contribution in [2.45, 2.75) is 38.5 Å².